The first-order chi connectivity index (χ1) is 7.29. The van der Waals surface area contributed by atoms with Crippen LogP contribution in [0, 0.1) is 0 Å². The van der Waals surface area contributed by atoms with Crippen molar-refractivity contribution in [1.82, 2.24) is 0 Å². The summed E-state index contributed by atoms with van der Waals surface area (Å²) >= 11 is 3.47. The summed E-state index contributed by atoms with van der Waals surface area (Å²) in [4.78, 5) is 0. The predicted octanol–water partition coefficient (Wildman–Crippen LogP) is 3.57. The fourth-order valence-electron chi connectivity index (χ4n) is 1.55. The minimum atomic E-state index is 0.585. The minimum absolute atomic E-state index is 0.585. The highest BCUT2D eigenvalue weighted by molar-refractivity contribution is 9.10. The van der Waals surface area contributed by atoms with Crippen LogP contribution in [-0.2, 0) is 6.54 Å². The van der Waals surface area contributed by atoms with Crippen LogP contribution in [0.5, 0.6) is 0 Å². The first-order valence-corrected chi connectivity index (χ1v) is 5.64. The van der Waals surface area contributed by atoms with Crippen molar-refractivity contribution in [3.05, 3.63) is 58.6 Å². The normalized spacial score (nSPS) is 10.3. The molecule has 0 aliphatic carbocycles. The van der Waals surface area contributed by atoms with E-state index in [0.717, 1.165) is 10.0 Å². The van der Waals surface area contributed by atoms with Gasteiger partial charge < -0.3 is 5.73 Å². The largest absolute Gasteiger partial charge is 0.326 e. The van der Waals surface area contributed by atoms with E-state index in [-0.39, 0.29) is 0 Å². The van der Waals surface area contributed by atoms with Gasteiger partial charge in [-0.1, -0.05) is 46.3 Å². The molecule has 2 rings (SSSR count). The molecule has 0 radical (unpaired) electrons. The topological polar surface area (TPSA) is 26.0 Å². The average Bonchev–Trinajstić information content (AvgIpc) is 2.29. The van der Waals surface area contributed by atoms with Crippen LogP contribution in [0.3, 0.4) is 0 Å². The molecule has 15 heavy (non-hydrogen) atoms. The first kappa shape index (κ1) is 10.4. The zero-order valence-electron chi connectivity index (χ0n) is 8.28. The summed E-state index contributed by atoms with van der Waals surface area (Å²) in [5.41, 5.74) is 9.19. The summed E-state index contributed by atoms with van der Waals surface area (Å²) < 4.78 is 1.10. The lowest BCUT2D eigenvalue weighted by atomic mass is 10.0. The Balaban J connectivity index is 2.44. The van der Waals surface area contributed by atoms with Gasteiger partial charge in [0.15, 0.2) is 0 Å². The van der Waals surface area contributed by atoms with E-state index >= 15 is 0 Å². The highest BCUT2D eigenvalue weighted by atomic mass is 79.9. The zero-order chi connectivity index (χ0) is 10.7. The fraction of sp³-hybridized carbons (Fsp3) is 0.0769. The molecule has 0 spiro atoms. The van der Waals surface area contributed by atoms with E-state index in [4.69, 9.17) is 5.73 Å². The van der Waals surface area contributed by atoms with Gasteiger partial charge in [0, 0.05) is 11.0 Å². The van der Waals surface area contributed by atoms with E-state index in [2.05, 4.69) is 40.2 Å². The summed E-state index contributed by atoms with van der Waals surface area (Å²) in [6, 6.07) is 16.6. The molecule has 0 amide bonds. The molecule has 0 bridgehead atoms. The Morgan fingerprint density at radius 3 is 2.27 bits per heavy atom. The fourth-order valence-corrected chi connectivity index (χ4v) is 1.95. The summed E-state index contributed by atoms with van der Waals surface area (Å²) in [7, 11) is 0. The molecule has 76 valence electrons. The summed E-state index contributed by atoms with van der Waals surface area (Å²) in [5, 5.41) is 0. The van der Waals surface area contributed by atoms with Crippen molar-refractivity contribution in [3.63, 3.8) is 0 Å². The van der Waals surface area contributed by atoms with Gasteiger partial charge in [-0.15, -0.1) is 0 Å². The maximum absolute atomic E-state index is 5.62. The van der Waals surface area contributed by atoms with Gasteiger partial charge in [-0.05, 0) is 34.9 Å². The molecule has 0 heterocycles. The third-order valence-corrected chi connectivity index (χ3v) is 2.81. The van der Waals surface area contributed by atoms with E-state index in [1.807, 2.05) is 24.3 Å². The van der Waals surface area contributed by atoms with Crippen molar-refractivity contribution >= 4 is 15.9 Å². The van der Waals surface area contributed by atoms with Crippen LogP contribution in [0.1, 0.15) is 5.56 Å². The second kappa shape index (κ2) is 4.60. The summed E-state index contributed by atoms with van der Waals surface area (Å²) in [5.74, 6) is 0. The van der Waals surface area contributed by atoms with Gasteiger partial charge in [0.2, 0.25) is 0 Å². The van der Waals surface area contributed by atoms with E-state index in [1.54, 1.807) is 0 Å². The van der Waals surface area contributed by atoms with E-state index in [9.17, 15) is 0 Å². The van der Waals surface area contributed by atoms with Crippen LogP contribution in [0.2, 0.25) is 0 Å². The molecule has 0 aliphatic rings. The molecular weight excluding hydrogens is 250 g/mol. The van der Waals surface area contributed by atoms with Crippen molar-refractivity contribution in [2.45, 2.75) is 6.54 Å². The van der Waals surface area contributed by atoms with Gasteiger partial charge in [0.1, 0.15) is 0 Å². The van der Waals surface area contributed by atoms with Crippen molar-refractivity contribution < 1.29 is 0 Å². The van der Waals surface area contributed by atoms with E-state index in [0.29, 0.717) is 6.54 Å². The number of halogens is 1. The smallest absolute Gasteiger partial charge is 0.0181 e. The lowest BCUT2D eigenvalue weighted by molar-refractivity contribution is 1.07. The van der Waals surface area contributed by atoms with Crippen LogP contribution in [-0.4, -0.2) is 0 Å². The zero-order valence-corrected chi connectivity index (χ0v) is 9.87. The number of hydrogen-bond acceptors (Lipinski definition) is 1. The molecule has 0 aliphatic heterocycles. The number of rotatable bonds is 2. The molecule has 1 nitrogen and oxygen atoms in total. The van der Waals surface area contributed by atoms with Gasteiger partial charge in [-0.3, -0.25) is 0 Å². The van der Waals surface area contributed by atoms with Crippen LogP contribution >= 0.6 is 15.9 Å². The molecule has 2 aromatic rings. The molecule has 2 N–H and O–H groups in total. The van der Waals surface area contributed by atoms with Gasteiger partial charge in [0.25, 0.3) is 0 Å². The second-order valence-electron chi connectivity index (χ2n) is 3.41. The molecule has 0 unspecified atom stereocenters. The van der Waals surface area contributed by atoms with Crippen molar-refractivity contribution in [2.24, 2.45) is 5.73 Å². The Hall–Kier alpha value is -1.12. The Morgan fingerprint density at radius 2 is 1.60 bits per heavy atom. The van der Waals surface area contributed by atoms with Gasteiger partial charge >= 0.3 is 0 Å². The van der Waals surface area contributed by atoms with Crippen molar-refractivity contribution in [3.8, 4) is 11.1 Å². The Kier molecular flexibility index (Phi) is 3.19. The minimum Gasteiger partial charge on any atom is -0.326 e. The third-order valence-electron chi connectivity index (χ3n) is 2.32. The molecule has 2 heteroatoms. The average molecular weight is 262 g/mol. The highest BCUT2D eigenvalue weighted by Gasteiger charge is 1.98. The Morgan fingerprint density at radius 1 is 0.933 bits per heavy atom. The molecule has 2 aromatic carbocycles. The van der Waals surface area contributed by atoms with Crippen molar-refractivity contribution in [2.75, 3.05) is 0 Å². The van der Waals surface area contributed by atoms with Gasteiger partial charge in [-0.2, -0.15) is 0 Å². The molecular formula is C13H12BrN. The van der Waals surface area contributed by atoms with Gasteiger partial charge in [0.05, 0.1) is 0 Å². The molecule has 0 fully saturated rings. The van der Waals surface area contributed by atoms with E-state index < -0.39 is 0 Å². The van der Waals surface area contributed by atoms with E-state index in [1.165, 1.54) is 11.1 Å². The highest BCUT2D eigenvalue weighted by Crippen LogP contribution is 2.23. The lowest BCUT2D eigenvalue weighted by Gasteiger charge is -2.04. The Labute approximate surface area is 98.1 Å². The number of benzene rings is 2. The predicted molar refractivity (Wildman–Crippen MR) is 67.5 cm³/mol. The van der Waals surface area contributed by atoms with Gasteiger partial charge in [-0.25, -0.2) is 0 Å². The molecule has 0 atom stereocenters. The number of nitrogens with two attached hydrogens (primary N) is 1. The lowest BCUT2D eigenvalue weighted by Crippen LogP contribution is -1.95. The maximum atomic E-state index is 5.62. The maximum Gasteiger partial charge on any atom is 0.0181 e. The Bertz CT molecular complexity index is 466. The van der Waals surface area contributed by atoms with Crippen LogP contribution < -0.4 is 5.73 Å². The van der Waals surface area contributed by atoms with Crippen molar-refractivity contribution in [1.29, 1.82) is 0 Å². The molecule has 0 aromatic heterocycles. The second-order valence-corrected chi connectivity index (χ2v) is 4.33. The standard InChI is InChI=1S/C13H12BrN/c14-13-6-2-5-12(8-13)11-4-1-3-10(7-11)9-15/h1-8H,9,15H2. The SMILES string of the molecule is NCc1cccc(-c2cccc(Br)c2)c1. The quantitative estimate of drug-likeness (QED) is 0.879. The van der Waals surface area contributed by atoms with Crippen LogP contribution in [0.4, 0.5) is 0 Å². The third kappa shape index (κ3) is 2.46. The van der Waals surface area contributed by atoms with Crippen LogP contribution in [0.15, 0.2) is 53.0 Å². The molecule has 0 saturated heterocycles. The molecule has 0 saturated carbocycles. The summed E-state index contributed by atoms with van der Waals surface area (Å²) in [6.07, 6.45) is 0. The first-order valence-electron chi connectivity index (χ1n) is 4.84. The number of hydrogen-bond donors (Lipinski definition) is 1. The van der Waals surface area contributed by atoms with Crippen LogP contribution in [0.25, 0.3) is 11.1 Å². The summed E-state index contributed by atoms with van der Waals surface area (Å²) in [6.45, 7) is 0.585. The monoisotopic (exact) mass is 261 g/mol.